The van der Waals surface area contributed by atoms with Crippen LogP contribution >= 0.6 is 0 Å². The van der Waals surface area contributed by atoms with E-state index in [9.17, 15) is 9.90 Å². The zero-order chi connectivity index (χ0) is 19.4. The number of fused-ring (bicyclic) bond motifs is 1. The van der Waals surface area contributed by atoms with Crippen molar-refractivity contribution in [2.24, 2.45) is 0 Å². The molecule has 0 aliphatic carbocycles. The summed E-state index contributed by atoms with van der Waals surface area (Å²) >= 11 is 0. The van der Waals surface area contributed by atoms with Crippen LogP contribution in [-0.4, -0.2) is 34.1 Å². The second-order valence-electron chi connectivity index (χ2n) is 6.32. The molecule has 3 aromatic rings. The molecular weight excluding hydrogens is 344 g/mol. The fourth-order valence-electron chi connectivity index (χ4n) is 2.70. The highest BCUT2D eigenvalue weighted by atomic mass is 16.5. The van der Waals surface area contributed by atoms with Gasteiger partial charge in [0.05, 0.1) is 18.7 Å². The number of ether oxygens (including phenoxy) is 2. The van der Waals surface area contributed by atoms with Gasteiger partial charge in [0.15, 0.2) is 23.0 Å². The molecule has 2 aromatic heterocycles. The predicted octanol–water partition coefficient (Wildman–Crippen LogP) is 3.95. The Balaban J connectivity index is 1.81. The topological polar surface area (TPSA) is 81.5 Å². The molecule has 0 spiro atoms. The van der Waals surface area contributed by atoms with Gasteiger partial charge in [0.2, 0.25) is 5.88 Å². The van der Waals surface area contributed by atoms with Crippen LogP contribution in [0.3, 0.4) is 0 Å². The molecule has 27 heavy (non-hydrogen) atoms. The minimum Gasteiger partial charge on any atom is -0.503 e. The fourth-order valence-corrected chi connectivity index (χ4v) is 2.70. The van der Waals surface area contributed by atoms with Crippen molar-refractivity contribution >= 4 is 16.7 Å². The number of nitrogens with zero attached hydrogens (tertiary/aromatic N) is 2. The number of pyridine rings is 2. The SMILES string of the molecule is CCC(C)Oc1ccc2cc(CC(=O)c3nccc(OC)c3O)ccc2n1. The molecule has 3 rings (SSSR count). The van der Waals surface area contributed by atoms with Crippen LogP contribution in [0.1, 0.15) is 36.3 Å². The normalized spacial score (nSPS) is 12.0. The third-order valence-electron chi connectivity index (χ3n) is 4.36. The molecular formula is C21H22N2O4. The van der Waals surface area contributed by atoms with Crippen LogP contribution in [0.4, 0.5) is 0 Å². The number of aromatic nitrogens is 2. The smallest absolute Gasteiger partial charge is 0.214 e. The highest BCUT2D eigenvalue weighted by Gasteiger charge is 2.17. The minimum atomic E-state index is -0.282. The molecule has 1 N–H and O–H groups in total. The van der Waals surface area contributed by atoms with Crippen LogP contribution in [0, 0.1) is 0 Å². The van der Waals surface area contributed by atoms with Crippen molar-refractivity contribution in [1.82, 2.24) is 9.97 Å². The number of carbonyl (C=O) groups excluding carboxylic acids is 1. The summed E-state index contributed by atoms with van der Waals surface area (Å²) in [5, 5.41) is 11.0. The summed E-state index contributed by atoms with van der Waals surface area (Å²) in [6.07, 6.45) is 2.57. The predicted molar refractivity (Wildman–Crippen MR) is 103 cm³/mol. The van der Waals surface area contributed by atoms with E-state index in [1.54, 1.807) is 0 Å². The van der Waals surface area contributed by atoms with E-state index in [-0.39, 0.29) is 35.5 Å². The second kappa shape index (κ2) is 8.03. The molecule has 6 heteroatoms. The zero-order valence-electron chi connectivity index (χ0n) is 15.6. The summed E-state index contributed by atoms with van der Waals surface area (Å²) < 4.78 is 10.8. The van der Waals surface area contributed by atoms with Gasteiger partial charge < -0.3 is 14.6 Å². The average molecular weight is 366 g/mol. The van der Waals surface area contributed by atoms with Crippen molar-refractivity contribution in [1.29, 1.82) is 0 Å². The average Bonchev–Trinajstić information content (AvgIpc) is 2.68. The number of hydrogen-bond acceptors (Lipinski definition) is 6. The molecule has 0 amide bonds. The molecule has 6 nitrogen and oxygen atoms in total. The van der Waals surface area contributed by atoms with Crippen molar-refractivity contribution in [2.45, 2.75) is 32.8 Å². The van der Waals surface area contributed by atoms with Crippen LogP contribution in [-0.2, 0) is 6.42 Å². The van der Waals surface area contributed by atoms with Gasteiger partial charge in [-0.2, -0.15) is 0 Å². The highest BCUT2D eigenvalue weighted by molar-refractivity contribution is 5.99. The molecule has 0 fully saturated rings. The summed E-state index contributed by atoms with van der Waals surface area (Å²) in [4.78, 5) is 21.0. The number of hydrogen-bond donors (Lipinski definition) is 1. The number of ketones is 1. The molecule has 1 atom stereocenters. The van der Waals surface area contributed by atoms with E-state index in [1.165, 1.54) is 19.4 Å². The number of carbonyl (C=O) groups is 1. The van der Waals surface area contributed by atoms with Crippen molar-refractivity contribution in [2.75, 3.05) is 7.11 Å². The third kappa shape index (κ3) is 4.16. The number of aromatic hydroxyl groups is 1. The molecule has 0 saturated heterocycles. The lowest BCUT2D eigenvalue weighted by Gasteiger charge is -2.12. The molecule has 0 radical (unpaired) electrons. The Morgan fingerprint density at radius 2 is 2.04 bits per heavy atom. The minimum absolute atomic E-state index is 0.00451. The monoisotopic (exact) mass is 366 g/mol. The van der Waals surface area contributed by atoms with Gasteiger partial charge in [-0.15, -0.1) is 0 Å². The molecule has 0 aliphatic rings. The van der Waals surface area contributed by atoms with Crippen molar-refractivity contribution in [3.63, 3.8) is 0 Å². The maximum absolute atomic E-state index is 12.5. The standard InChI is InChI=1S/C21H22N2O4/c1-4-13(2)27-19-8-6-15-11-14(5-7-16(15)23-19)12-17(24)20-21(25)18(26-3)9-10-22-20/h5-11,13,25H,4,12H2,1-3H3. The summed E-state index contributed by atoms with van der Waals surface area (Å²) in [5.74, 6) is 0.297. The van der Waals surface area contributed by atoms with Crippen LogP contribution in [0.2, 0.25) is 0 Å². The molecule has 1 aromatic carbocycles. The number of benzene rings is 1. The Kier molecular flexibility index (Phi) is 5.54. The van der Waals surface area contributed by atoms with Crippen LogP contribution < -0.4 is 9.47 Å². The molecule has 0 aliphatic heterocycles. The summed E-state index contributed by atoms with van der Waals surface area (Å²) in [7, 11) is 1.43. The van der Waals surface area contributed by atoms with E-state index in [1.807, 2.05) is 37.3 Å². The lowest BCUT2D eigenvalue weighted by Crippen LogP contribution is -2.10. The fraction of sp³-hybridized carbons (Fsp3) is 0.286. The quantitative estimate of drug-likeness (QED) is 0.638. The molecule has 1 unspecified atom stereocenters. The van der Waals surface area contributed by atoms with Gasteiger partial charge in [-0.25, -0.2) is 9.97 Å². The largest absolute Gasteiger partial charge is 0.503 e. The summed E-state index contributed by atoms with van der Waals surface area (Å²) in [5.41, 5.74) is 1.62. The van der Waals surface area contributed by atoms with E-state index in [0.717, 1.165) is 22.9 Å². The van der Waals surface area contributed by atoms with Crippen molar-refractivity contribution < 1.29 is 19.4 Å². The number of Topliss-reactive ketones (excluding diaryl/α,β-unsaturated/α-hetero) is 1. The lowest BCUT2D eigenvalue weighted by atomic mass is 10.0. The van der Waals surface area contributed by atoms with Crippen LogP contribution in [0.5, 0.6) is 17.4 Å². The maximum Gasteiger partial charge on any atom is 0.214 e. The van der Waals surface area contributed by atoms with Crippen LogP contribution in [0.25, 0.3) is 10.9 Å². The first-order chi connectivity index (χ1) is 13.0. The number of methoxy groups -OCH3 is 1. The first-order valence-corrected chi connectivity index (χ1v) is 8.83. The van der Waals surface area contributed by atoms with Crippen LogP contribution in [0.15, 0.2) is 42.6 Å². The second-order valence-corrected chi connectivity index (χ2v) is 6.32. The highest BCUT2D eigenvalue weighted by Crippen LogP contribution is 2.28. The van der Waals surface area contributed by atoms with E-state index >= 15 is 0 Å². The Labute approximate surface area is 157 Å². The molecule has 140 valence electrons. The molecule has 0 saturated carbocycles. The third-order valence-corrected chi connectivity index (χ3v) is 4.36. The summed E-state index contributed by atoms with van der Waals surface area (Å²) in [6.45, 7) is 4.06. The lowest BCUT2D eigenvalue weighted by molar-refractivity contribution is 0.0984. The Morgan fingerprint density at radius 1 is 1.22 bits per heavy atom. The van der Waals surface area contributed by atoms with Crippen molar-refractivity contribution in [3.05, 3.63) is 53.9 Å². The van der Waals surface area contributed by atoms with E-state index in [4.69, 9.17) is 9.47 Å². The first kappa shape index (κ1) is 18.6. The molecule has 2 heterocycles. The maximum atomic E-state index is 12.5. The zero-order valence-corrected chi connectivity index (χ0v) is 15.6. The van der Waals surface area contributed by atoms with Gasteiger partial charge in [-0.1, -0.05) is 13.0 Å². The first-order valence-electron chi connectivity index (χ1n) is 8.83. The Bertz CT molecular complexity index is 972. The number of rotatable bonds is 7. The van der Waals surface area contributed by atoms with E-state index in [2.05, 4.69) is 16.9 Å². The van der Waals surface area contributed by atoms with Gasteiger partial charge >= 0.3 is 0 Å². The van der Waals surface area contributed by atoms with Gasteiger partial charge in [0, 0.05) is 30.1 Å². The molecule has 0 bridgehead atoms. The van der Waals surface area contributed by atoms with E-state index < -0.39 is 0 Å². The van der Waals surface area contributed by atoms with Crippen molar-refractivity contribution in [3.8, 4) is 17.4 Å². The Morgan fingerprint density at radius 3 is 2.78 bits per heavy atom. The Hall–Kier alpha value is -3.15. The van der Waals surface area contributed by atoms with Gasteiger partial charge in [-0.05, 0) is 37.1 Å². The van der Waals surface area contributed by atoms with Gasteiger partial charge in [0.1, 0.15) is 0 Å². The summed E-state index contributed by atoms with van der Waals surface area (Å²) in [6, 6.07) is 10.9. The van der Waals surface area contributed by atoms with E-state index in [0.29, 0.717) is 5.88 Å². The van der Waals surface area contributed by atoms with Gasteiger partial charge in [0.25, 0.3) is 0 Å². The van der Waals surface area contributed by atoms with Gasteiger partial charge in [-0.3, -0.25) is 4.79 Å².